The van der Waals surface area contributed by atoms with Crippen LogP contribution in [0.25, 0.3) is 0 Å². The fraction of sp³-hybridized carbons (Fsp3) is 0.538. The van der Waals surface area contributed by atoms with Crippen LogP contribution in [0.5, 0.6) is 0 Å². The van der Waals surface area contributed by atoms with E-state index in [0.717, 1.165) is 6.29 Å². The Bertz CT molecular complexity index is 468. The van der Waals surface area contributed by atoms with Gasteiger partial charge in [0.05, 0.1) is 6.33 Å². The van der Waals surface area contributed by atoms with Gasteiger partial charge in [0, 0.05) is 31.2 Å². The lowest BCUT2D eigenvalue weighted by Gasteiger charge is -2.22. The number of rotatable bonds is 8. The molecule has 0 fully saturated rings. The molecule has 1 aromatic rings. The highest BCUT2D eigenvalue weighted by atomic mass is 16.4. The van der Waals surface area contributed by atoms with E-state index in [2.05, 4.69) is 15.3 Å². The quantitative estimate of drug-likeness (QED) is 0.602. The van der Waals surface area contributed by atoms with Crippen molar-refractivity contribution in [1.29, 1.82) is 0 Å². The van der Waals surface area contributed by atoms with Crippen molar-refractivity contribution in [2.24, 2.45) is 5.41 Å². The molecule has 0 saturated heterocycles. The Morgan fingerprint density at radius 2 is 2.25 bits per heavy atom. The van der Waals surface area contributed by atoms with Crippen molar-refractivity contribution in [3.63, 3.8) is 0 Å². The molecule has 20 heavy (non-hydrogen) atoms. The topological polar surface area (TPSA) is 112 Å². The van der Waals surface area contributed by atoms with Crippen LogP contribution in [0.15, 0.2) is 12.5 Å². The zero-order valence-corrected chi connectivity index (χ0v) is 11.5. The molecule has 1 unspecified atom stereocenters. The van der Waals surface area contributed by atoms with Gasteiger partial charge in [-0.05, 0) is 5.41 Å². The van der Waals surface area contributed by atoms with Gasteiger partial charge in [-0.2, -0.15) is 0 Å². The molecule has 0 aliphatic rings. The molecule has 0 aromatic carbocycles. The molecule has 110 valence electrons. The summed E-state index contributed by atoms with van der Waals surface area (Å²) in [6.45, 7) is 3.57. The van der Waals surface area contributed by atoms with E-state index in [1.807, 2.05) is 0 Å². The monoisotopic (exact) mass is 281 g/mol. The van der Waals surface area contributed by atoms with Crippen LogP contribution in [-0.4, -0.2) is 39.3 Å². The highest BCUT2D eigenvalue weighted by Gasteiger charge is 2.26. The van der Waals surface area contributed by atoms with Crippen LogP contribution >= 0.6 is 0 Å². The van der Waals surface area contributed by atoms with Crippen LogP contribution < -0.4 is 5.32 Å². The van der Waals surface area contributed by atoms with Gasteiger partial charge in [0.2, 0.25) is 5.91 Å². The summed E-state index contributed by atoms with van der Waals surface area (Å²) in [4.78, 5) is 40.1. The number of aliphatic carboxylic acids is 1. The van der Waals surface area contributed by atoms with Crippen molar-refractivity contribution >= 4 is 18.2 Å². The summed E-state index contributed by atoms with van der Waals surface area (Å²) in [7, 11) is 0. The Morgan fingerprint density at radius 3 is 2.75 bits per heavy atom. The van der Waals surface area contributed by atoms with Gasteiger partial charge in [0.15, 0.2) is 0 Å². The molecule has 7 heteroatoms. The van der Waals surface area contributed by atoms with Gasteiger partial charge in [0.1, 0.15) is 12.3 Å². The lowest BCUT2D eigenvalue weighted by atomic mass is 9.86. The smallest absolute Gasteiger partial charge is 0.326 e. The number of aromatic amines is 1. The summed E-state index contributed by atoms with van der Waals surface area (Å²) in [5.74, 6) is -1.50. The zero-order chi connectivity index (χ0) is 15.2. The first-order chi connectivity index (χ1) is 9.34. The maximum Gasteiger partial charge on any atom is 0.326 e. The van der Waals surface area contributed by atoms with Gasteiger partial charge >= 0.3 is 5.97 Å². The molecule has 1 amide bonds. The van der Waals surface area contributed by atoms with E-state index in [-0.39, 0.29) is 25.2 Å². The van der Waals surface area contributed by atoms with Crippen molar-refractivity contribution in [1.82, 2.24) is 15.3 Å². The first-order valence-corrected chi connectivity index (χ1v) is 6.27. The molecular formula is C13H19N3O4. The number of hydrogen-bond acceptors (Lipinski definition) is 4. The lowest BCUT2D eigenvalue weighted by molar-refractivity contribution is -0.142. The van der Waals surface area contributed by atoms with Gasteiger partial charge < -0.3 is 20.2 Å². The number of carbonyl (C=O) groups excluding carboxylic acids is 2. The minimum atomic E-state index is -1.11. The van der Waals surface area contributed by atoms with E-state index in [0.29, 0.717) is 5.69 Å². The average molecular weight is 281 g/mol. The van der Waals surface area contributed by atoms with E-state index in [1.54, 1.807) is 13.8 Å². The second-order valence-electron chi connectivity index (χ2n) is 5.45. The number of carboxylic acids is 1. The number of carboxylic acid groups (broad SMARTS) is 1. The van der Waals surface area contributed by atoms with Crippen molar-refractivity contribution in [3.05, 3.63) is 18.2 Å². The number of aromatic nitrogens is 2. The van der Waals surface area contributed by atoms with Crippen LogP contribution in [0.1, 0.15) is 32.4 Å². The number of H-pyrrole nitrogens is 1. The summed E-state index contributed by atoms with van der Waals surface area (Å²) >= 11 is 0. The molecule has 1 rings (SSSR count). The molecule has 7 nitrogen and oxygen atoms in total. The van der Waals surface area contributed by atoms with E-state index in [4.69, 9.17) is 5.11 Å². The Morgan fingerprint density at radius 1 is 1.55 bits per heavy atom. The zero-order valence-electron chi connectivity index (χ0n) is 11.5. The lowest BCUT2D eigenvalue weighted by Crippen LogP contribution is -2.43. The van der Waals surface area contributed by atoms with E-state index < -0.39 is 17.4 Å². The summed E-state index contributed by atoms with van der Waals surface area (Å²) in [6, 6.07) is -1.02. The molecule has 0 bridgehead atoms. The van der Waals surface area contributed by atoms with E-state index in [1.165, 1.54) is 12.5 Å². The van der Waals surface area contributed by atoms with Gasteiger partial charge in [-0.25, -0.2) is 9.78 Å². The molecule has 0 aliphatic heterocycles. The Hall–Kier alpha value is -2.18. The summed E-state index contributed by atoms with van der Waals surface area (Å²) in [5, 5.41) is 11.6. The number of aldehydes is 1. The third-order valence-electron chi connectivity index (χ3n) is 2.89. The maximum atomic E-state index is 11.9. The third kappa shape index (κ3) is 5.21. The first kappa shape index (κ1) is 15.9. The summed E-state index contributed by atoms with van der Waals surface area (Å²) in [6.07, 6.45) is 4.20. The summed E-state index contributed by atoms with van der Waals surface area (Å²) < 4.78 is 0. The molecule has 0 spiro atoms. The Balaban J connectivity index is 2.59. The average Bonchev–Trinajstić information content (AvgIpc) is 2.79. The number of imidazole rings is 1. The van der Waals surface area contributed by atoms with E-state index >= 15 is 0 Å². The normalized spacial score (nSPS) is 12.7. The number of nitrogens with zero attached hydrogens (tertiary/aromatic N) is 1. The largest absolute Gasteiger partial charge is 0.480 e. The van der Waals surface area contributed by atoms with Gasteiger partial charge in [-0.15, -0.1) is 0 Å². The Labute approximate surface area is 116 Å². The van der Waals surface area contributed by atoms with Gasteiger partial charge in [-0.1, -0.05) is 13.8 Å². The summed E-state index contributed by atoms with van der Waals surface area (Å²) in [5.41, 5.74) is 0.146. The van der Waals surface area contributed by atoms with Crippen LogP contribution in [0.4, 0.5) is 0 Å². The van der Waals surface area contributed by atoms with Crippen molar-refractivity contribution in [2.75, 3.05) is 0 Å². The second kappa shape index (κ2) is 6.83. The molecule has 1 aromatic heterocycles. The number of amides is 1. The fourth-order valence-electron chi connectivity index (χ4n) is 1.79. The van der Waals surface area contributed by atoms with Crippen molar-refractivity contribution in [3.8, 4) is 0 Å². The molecule has 1 heterocycles. The number of hydrogen-bond donors (Lipinski definition) is 3. The standard InChI is InChI=1S/C13H19N3O4/c1-13(2,3-4-17)6-11(18)16-10(12(19)20)5-9-7-14-8-15-9/h4,7-8,10H,3,5-6H2,1-2H3,(H,14,15)(H,16,18)(H,19,20). The number of nitrogens with one attached hydrogen (secondary N) is 2. The third-order valence-corrected chi connectivity index (χ3v) is 2.89. The fourth-order valence-corrected chi connectivity index (χ4v) is 1.79. The first-order valence-electron chi connectivity index (χ1n) is 6.27. The molecule has 0 radical (unpaired) electrons. The highest BCUT2D eigenvalue weighted by Crippen LogP contribution is 2.23. The minimum Gasteiger partial charge on any atom is -0.480 e. The second-order valence-corrected chi connectivity index (χ2v) is 5.45. The number of carbonyl (C=O) groups is 3. The molecule has 0 aliphatic carbocycles. The molecule has 3 N–H and O–H groups in total. The Kier molecular flexibility index (Phi) is 5.42. The van der Waals surface area contributed by atoms with Crippen molar-refractivity contribution < 1.29 is 19.5 Å². The van der Waals surface area contributed by atoms with E-state index in [9.17, 15) is 14.4 Å². The highest BCUT2D eigenvalue weighted by molar-refractivity contribution is 5.84. The van der Waals surface area contributed by atoms with Gasteiger partial charge in [0.25, 0.3) is 0 Å². The predicted molar refractivity (Wildman–Crippen MR) is 70.9 cm³/mol. The van der Waals surface area contributed by atoms with Crippen LogP contribution in [-0.2, 0) is 20.8 Å². The molecule has 0 saturated carbocycles. The van der Waals surface area contributed by atoms with Crippen molar-refractivity contribution in [2.45, 2.75) is 39.2 Å². The van der Waals surface area contributed by atoms with Crippen LogP contribution in [0, 0.1) is 5.41 Å². The SMILES string of the molecule is CC(C)(CC=O)CC(=O)NC(Cc1cnc[nH]1)C(=O)O. The maximum absolute atomic E-state index is 11.9. The van der Waals surface area contributed by atoms with Crippen LogP contribution in [0.2, 0.25) is 0 Å². The minimum absolute atomic E-state index is 0.0957. The van der Waals surface area contributed by atoms with Crippen LogP contribution in [0.3, 0.4) is 0 Å². The molecular weight excluding hydrogens is 262 g/mol. The predicted octanol–water partition coefficient (Wildman–Crippen LogP) is 0.527. The molecule has 1 atom stereocenters. The van der Waals surface area contributed by atoms with Gasteiger partial charge in [-0.3, -0.25) is 4.79 Å².